The van der Waals surface area contributed by atoms with Crippen LogP contribution < -0.4 is 21.7 Å². The molecule has 1 aromatic rings. The zero-order chi connectivity index (χ0) is 10.8. The highest BCUT2D eigenvalue weighted by molar-refractivity contribution is 8.11. The first-order valence-electron chi connectivity index (χ1n) is 3.59. The Kier molecular flexibility index (Phi) is 3.86. The summed E-state index contributed by atoms with van der Waals surface area (Å²) in [6.45, 7) is -3.07. The van der Waals surface area contributed by atoms with Crippen molar-refractivity contribution in [2.75, 3.05) is 4.78 Å². The fourth-order valence-electron chi connectivity index (χ4n) is 0.813. The lowest BCUT2D eigenvalue weighted by atomic mass is 10.3. The average Bonchev–Trinajstić information content (AvgIpc) is 2.18. The monoisotopic (exact) mass is 252 g/mol. The van der Waals surface area contributed by atoms with Gasteiger partial charge >= 0.3 is 0 Å². The minimum absolute atomic E-state index is 0.540. The molecule has 0 radical (unpaired) electrons. The number of nitrogens with zero attached hydrogens (tertiary/aromatic N) is 1. The van der Waals surface area contributed by atoms with Gasteiger partial charge < -0.3 is 4.89 Å². The van der Waals surface area contributed by atoms with Crippen LogP contribution in [-0.2, 0) is 11.8 Å². The second-order valence-corrected chi connectivity index (χ2v) is 6.24. The van der Waals surface area contributed by atoms with Crippen LogP contribution in [0.5, 0.6) is 0 Å². The van der Waals surface area contributed by atoms with E-state index >= 15 is 0 Å². The molecule has 1 rings (SSSR count). The van der Waals surface area contributed by atoms with E-state index in [2.05, 4.69) is 5.20 Å². The predicted octanol–water partition coefficient (Wildman–Crippen LogP) is 0.700. The van der Waals surface area contributed by atoms with E-state index in [0.717, 1.165) is 4.78 Å². The zero-order valence-electron chi connectivity index (χ0n) is 7.09. The summed E-state index contributed by atoms with van der Waals surface area (Å²) in [5.74, 6) is 10.6. The minimum Gasteiger partial charge on any atom is -0.337 e. The van der Waals surface area contributed by atoms with Crippen molar-refractivity contribution in [1.29, 1.82) is 0 Å². The number of rotatable bonds is 3. The summed E-state index contributed by atoms with van der Waals surface area (Å²) < 4.78 is 1.03. The SMILES string of the molecule is NNP(O)(=S)N(N)c1ccc(Cl)cc1. The van der Waals surface area contributed by atoms with E-state index in [4.69, 9.17) is 35.1 Å². The molecule has 78 valence electrons. The molecule has 1 atom stereocenters. The Morgan fingerprint density at radius 2 is 1.93 bits per heavy atom. The molecule has 0 aliphatic rings. The highest BCUT2D eigenvalue weighted by atomic mass is 35.5. The molecule has 0 amide bonds. The largest absolute Gasteiger partial charge is 0.337 e. The van der Waals surface area contributed by atoms with E-state index in [0.29, 0.717) is 10.7 Å². The summed E-state index contributed by atoms with van der Waals surface area (Å²) in [6.07, 6.45) is 0. The Morgan fingerprint density at radius 3 is 2.36 bits per heavy atom. The molecule has 0 saturated carbocycles. The lowest BCUT2D eigenvalue weighted by Crippen LogP contribution is -2.36. The fourth-order valence-corrected chi connectivity index (χ4v) is 1.79. The van der Waals surface area contributed by atoms with E-state index in [1.54, 1.807) is 24.3 Å². The first kappa shape index (κ1) is 11.9. The van der Waals surface area contributed by atoms with E-state index < -0.39 is 6.57 Å². The Morgan fingerprint density at radius 1 is 1.43 bits per heavy atom. The van der Waals surface area contributed by atoms with Crippen molar-refractivity contribution in [3.63, 3.8) is 0 Å². The lowest BCUT2D eigenvalue weighted by molar-refractivity contribution is 0.599. The van der Waals surface area contributed by atoms with Crippen LogP contribution in [0.25, 0.3) is 0 Å². The topological polar surface area (TPSA) is 87.5 Å². The second-order valence-electron chi connectivity index (χ2n) is 2.49. The van der Waals surface area contributed by atoms with Crippen LogP contribution in [0.15, 0.2) is 24.3 Å². The fraction of sp³-hybridized carbons (Fsp3) is 0. The lowest BCUT2D eigenvalue weighted by Gasteiger charge is -2.26. The molecule has 0 saturated heterocycles. The van der Waals surface area contributed by atoms with Crippen molar-refractivity contribution < 1.29 is 4.89 Å². The van der Waals surface area contributed by atoms with E-state index in [9.17, 15) is 4.89 Å². The van der Waals surface area contributed by atoms with E-state index in [1.807, 2.05) is 0 Å². The van der Waals surface area contributed by atoms with Crippen molar-refractivity contribution in [3.8, 4) is 0 Å². The Hall–Kier alpha value is -0.200. The highest BCUT2D eigenvalue weighted by Gasteiger charge is 2.18. The van der Waals surface area contributed by atoms with Gasteiger partial charge in [-0.25, -0.2) is 10.6 Å². The summed E-state index contributed by atoms with van der Waals surface area (Å²) in [7, 11) is 0. The van der Waals surface area contributed by atoms with Gasteiger partial charge in [-0.3, -0.25) is 5.84 Å². The molecule has 1 unspecified atom stereocenters. The summed E-state index contributed by atoms with van der Waals surface area (Å²) in [5.41, 5.74) is 0.540. The Balaban J connectivity index is 2.95. The molecule has 0 spiro atoms. The molecule has 0 aliphatic carbocycles. The molecule has 14 heavy (non-hydrogen) atoms. The molecule has 0 bridgehead atoms. The quantitative estimate of drug-likeness (QED) is 0.360. The van der Waals surface area contributed by atoms with E-state index in [-0.39, 0.29) is 0 Å². The number of anilines is 1. The average molecular weight is 253 g/mol. The van der Waals surface area contributed by atoms with Crippen molar-refractivity contribution in [1.82, 2.24) is 5.20 Å². The van der Waals surface area contributed by atoms with Gasteiger partial charge in [0.15, 0.2) is 0 Å². The number of nitrogens with two attached hydrogens (primary N) is 2. The van der Waals surface area contributed by atoms with Gasteiger partial charge in [-0.15, -0.1) is 0 Å². The van der Waals surface area contributed by atoms with Crippen LogP contribution in [0.3, 0.4) is 0 Å². The number of nitrogens with one attached hydrogen (secondary N) is 1. The van der Waals surface area contributed by atoms with Gasteiger partial charge in [0.2, 0.25) is 0 Å². The van der Waals surface area contributed by atoms with Crippen LogP contribution in [-0.4, -0.2) is 4.89 Å². The van der Waals surface area contributed by atoms with Gasteiger partial charge in [0.1, 0.15) is 0 Å². The molecule has 0 heterocycles. The number of hydrazine groups is 2. The molecular formula is C6H10ClN4OPS. The third kappa shape index (κ3) is 2.65. The van der Waals surface area contributed by atoms with Crippen LogP contribution in [0, 0.1) is 0 Å². The molecule has 0 fully saturated rings. The maximum absolute atomic E-state index is 9.57. The number of benzene rings is 1. The van der Waals surface area contributed by atoms with Crippen molar-refractivity contribution >= 4 is 35.7 Å². The van der Waals surface area contributed by atoms with Crippen molar-refractivity contribution in [2.24, 2.45) is 11.7 Å². The third-order valence-electron chi connectivity index (χ3n) is 1.55. The molecular weight excluding hydrogens is 243 g/mol. The van der Waals surface area contributed by atoms with Gasteiger partial charge in [-0.05, 0) is 36.1 Å². The van der Waals surface area contributed by atoms with Gasteiger partial charge in [0, 0.05) is 5.02 Å². The third-order valence-corrected chi connectivity index (χ3v) is 3.80. The van der Waals surface area contributed by atoms with Gasteiger partial charge in [-0.1, -0.05) is 11.6 Å². The summed E-state index contributed by atoms with van der Waals surface area (Å²) >= 11 is 10.5. The van der Waals surface area contributed by atoms with Gasteiger partial charge in [-0.2, -0.15) is 5.20 Å². The number of halogens is 1. The maximum Gasteiger partial charge on any atom is 0.250 e. The molecule has 5 nitrogen and oxygen atoms in total. The maximum atomic E-state index is 9.57. The summed E-state index contributed by atoms with van der Waals surface area (Å²) in [6, 6.07) is 6.55. The van der Waals surface area contributed by atoms with Crippen molar-refractivity contribution in [2.45, 2.75) is 0 Å². The predicted molar refractivity (Wildman–Crippen MR) is 61.9 cm³/mol. The van der Waals surface area contributed by atoms with E-state index in [1.165, 1.54) is 0 Å². The number of hydrogen-bond acceptors (Lipinski definition) is 3. The van der Waals surface area contributed by atoms with Crippen LogP contribution in [0.2, 0.25) is 5.02 Å². The first-order chi connectivity index (χ1) is 6.47. The second kappa shape index (κ2) is 4.55. The molecule has 6 N–H and O–H groups in total. The number of hydrogen-bond donors (Lipinski definition) is 4. The molecule has 8 heteroatoms. The highest BCUT2D eigenvalue weighted by Crippen LogP contribution is 2.40. The zero-order valence-corrected chi connectivity index (χ0v) is 9.56. The smallest absolute Gasteiger partial charge is 0.250 e. The first-order valence-corrected chi connectivity index (χ1v) is 6.67. The molecule has 0 aliphatic heterocycles. The van der Waals surface area contributed by atoms with Gasteiger partial charge in [0.05, 0.1) is 5.69 Å². The van der Waals surface area contributed by atoms with Crippen LogP contribution in [0.1, 0.15) is 0 Å². The Labute approximate surface area is 91.8 Å². The van der Waals surface area contributed by atoms with Gasteiger partial charge in [0.25, 0.3) is 6.57 Å². The Bertz CT molecular complexity index is 359. The molecule has 1 aromatic carbocycles. The standard InChI is InChI=1S/C6H10ClN4OPS/c7-5-1-3-6(4-2-5)11(9)13(12,14)10-8/h1-4H,8-9H2,(H2,10,12,14). The molecule has 0 aromatic heterocycles. The van der Waals surface area contributed by atoms with Crippen LogP contribution >= 0.6 is 18.2 Å². The van der Waals surface area contributed by atoms with Crippen LogP contribution in [0.4, 0.5) is 5.69 Å². The summed E-state index contributed by atoms with van der Waals surface area (Å²) in [5, 5.41) is 2.68. The van der Waals surface area contributed by atoms with Crippen molar-refractivity contribution in [3.05, 3.63) is 29.3 Å². The summed E-state index contributed by atoms with van der Waals surface area (Å²) in [4.78, 5) is 9.57. The normalized spacial score (nSPS) is 14.9. The minimum atomic E-state index is -3.07.